The van der Waals surface area contributed by atoms with Gasteiger partial charge in [-0.15, -0.1) is 0 Å². The first-order valence-electron chi connectivity index (χ1n) is 9.30. The van der Waals surface area contributed by atoms with E-state index in [1.807, 2.05) is 36.4 Å². The van der Waals surface area contributed by atoms with Crippen molar-refractivity contribution in [1.82, 2.24) is 0 Å². The molecule has 2 unspecified atom stereocenters. The van der Waals surface area contributed by atoms with Gasteiger partial charge in [-0.2, -0.15) is 0 Å². The molecular formula is C22H26O6. The number of epoxide rings is 1. The van der Waals surface area contributed by atoms with Gasteiger partial charge in [0.05, 0.1) is 6.61 Å². The molecule has 2 atom stereocenters. The van der Waals surface area contributed by atoms with Gasteiger partial charge in [0, 0.05) is 5.41 Å². The van der Waals surface area contributed by atoms with Gasteiger partial charge in [-0.25, -0.2) is 0 Å². The van der Waals surface area contributed by atoms with Crippen LogP contribution >= 0.6 is 0 Å². The first kappa shape index (κ1) is 20.2. The molecule has 0 saturated carbocycles. The van der Waals surface area contributed by atoms with E-state index in [2.05, 4.69) is 30.7 Å². The molecule has 2 aromatic rings. The molecule has 3 rings (SSSR count). The number of hydrogen-bond acceptors (Lipinski definition) is 6. The third kappa shape index (κ3) is 5.47. The highest BCUT2D eigenvalue weighted by atomic mass is 16.6. The SMILES string of the molecule is CC(C)(c1ccc(OCC(O)COC=O)cc1)c1ccc(OCC2CO2)cc1. The second-order valence-corrected chi connectivity index (χ2v) is 7.33. The fourth-order valence-corrected chi connectivity index (χ4v) is 2.85. The summed E-state index contributed by atoms with van der Waals surface area (Å²) in [7, 11) is 0. The van der Waals surface area contributed by atoms with Crippen LogP contribution in [-0.2, 0) is 19.7 Å². The Morgan fingerprint density at radius 2 is 1.57 bits per heavy atom. The Morgan fingerprint density at radius 1 is 1.04 bits per heavy atom. The van der Waals surface area contributed by atoms with Gasteiger partial charge in [-0.3, -0.25) is 4.79 Å². The van der Waals surface area contributed by atoms with E-state index >= 15 is 0 Å². The molecule has 1 heterocycles. The molecule has 6 heteroatoms. The van der Waals surface area contributed by atoms with Gasteiger partial charge in [-0.05, 0) is 35.4 Å². The van der Waals surface area contributed by atoms with Gasteiger partial charge < -0.3 is 24.1 Å². The molecule has 0 spiro atoms. The summed E-state index contributed by atoms with van der Waals surface area (Å²) in [4.78, 5) is 10.1. The zero-order valence-electron chi connectivity index (χ0n) is 16.2. The molecule has 0 radical (unpaired) electrons. The van der Waals surface area contributed by atoms with Crippen molar-refractivity contribution in [2.75, 3.05) is 26.4 Å². The predicted octanol–water partition coefficient (Wildman–Crippen LogP) is 2.70. The second-order valence-electron chi connectivity index (χ2n) is 7.33. The van der Waals surface area contributed by atoms with E-state index in [4.69, 9.17) is 14.2 Å². The maximum Gasteiger partial charge on any atom is 0.293 e. The standard InChI is InChI=1S/C22H26O6/c1-22(2,17-5-9-20(10-6-17)27-13-21-14-28-21)16-3-7-19(8-4-16)26-12-18(24)11-25-15-23/h3-10,15,18,21,24H,11-14H2,1-2H3. The average molecular weight is 386 g/mol. The van der Waals surface area contributed by atoms with E-state index in [0.717, 1.165) is 17.9 Å². The summed E-state index contributed by atoms with van der Waals surface area (Å²) >= 11 is 0. The lowest BCUT2D eigenvalue weighted by molar-refractivity contribution is -0.132. The quantitative estimate of drug-likeness (QED) is 0.473. The van der Waals surface area contributed by atoms with Crippen LogP contribution in [0.2, 0.25) is 0 Å². The van der Waals surface area contributed by atoms with Gasteiger partial charge in [0.1, 0.15) is 43.5 Å². The van der Waals surface area contributed by atoms with Crippen molar-refractivity contribution in [3.63, 3.8) is 0 Å². The van der Waals surface area contributed by atoms with Crippen LogP contribution < -0.4 is 9.47 Å². The average Bonchev–Trinajstić information content (AvgIpc) is 3.54. The number of carbonyl (C=O) groups excluding carboxylic acids is 1. The number of carbonyl (C=O) groups is 1. The number of benzene rings is 2. The van der Waals surface area contributed by atoms with Gasteiger partial charge in [-0.1, -0.05) is 38.1 Å². The molecule has 0 aromatic heterocycles. The van der Waals surface area contributed by atoms with Crippen molar-refractivity contribution in [2.24, 2.45) is 0 Å². The molecule has 150 valence electrons. The van der Waals surface area contributed by atoms with Crippen LogP contribution in [0.4, 0.5) is 0 Å². The third-order valence-electron chi connectivity index (χ3n) is 4.79. The lowest BCUT2D eigenvalue weighted by Gasteiger charge is -2.26. The molecule has 0 bridgehead atoms. The summed E-state index contributed by atoms with van der Waals surface area (Å²) in [6.07, 6.45) is -0.607. The minimum atomic E-state index is -0.853. The largest absolute Gasteiger partial charge is 0.491 e. The molecule has 1 N–H and O–H groups in total. The van der Waals surface area contributed by atoms with Gasteiger partial charge >= 0.3 is 0 Å². The number of rotatable bonds is 11. The second kappa shape index (κ2) is 9.08. The summed E-state index contributed by atoms with van der Waals surface area (Å²) < 4.78 is 20.9. The van der Waals surface area contributed by atoms with E-state index in [1.165, 1.54) is 5.56 Å². The van der Waals surface area contributed by atoms with Crippen LogP contribution in [0.1, 0.15) is 25.0 Å². The Morgan fingerprint density at radius 3 is 2.07 bits per heavy atom. The molecule has 2 aromatic carbocycles. The molecule has 0 amide bonds. The summed E-state index contributed by atoms with van der Waals surface area (Å²) in [5.41, 5.74) is 2.14. The Bertz CT molecular complexity index is 750. The number of hydrogen-bond donors (Lipinski definition) is 1. The van der Waals surface area contributed by atoms with Crippen molar-refractivity contribution in [1.29, 1.82) is 0 Å². The molecule has 1 aliphatic rings. The molecule has 1 fully saturated rings. The highest BCUT2D eigenvalue weighted by Crippen LogP contribution is 2.33. The smallest absolute Gasteiger partial charge is 0.293 e. The molecule has 1 saturated heterocycles. The first-order chi connectivity index (χ1) is 13.5. The Hall–Kier alpha value is -2.57. The van der Waals surface area contributed by atoms with Crippen LogP contribution in [0.15, 0.2) is 48.5 Å². The number of aliphatic hydroxyl groups is 1. The lowest BCUT2D eigenvalue weighted by atomic mass is 9.78. The maximum atomic E-state index is 10.1. The molecule has 6 nitrogen and oxygen atoms in total. The third-order valence-corrected chi connectivity index (χ3v) is 4.79. The Kier molecular flexibility index (Phi) is 6.54. The minimum absolute atomic E-state index is 0.0595. The Balaban J connectivity index is 1.58. The minimum Gasteiger partial charge on any atom is -0.491 e. The van der Waals surface area contributed by atoms with Gasteiger partial charge in [0.25, 0.3) is 6.47 Å². The zero-order chi connectivity index (χ0) is 20.0. The summed E-state index contributed by atoms with van der Waals surface area (Å²) in [5, 5.41) is 9.64. The fourth-order valence-electron chi connectivity index (χ4n) is 2.85. The first-order valence-corrected chi connectivity index (χ1v) is 9.30. The van der Waals surface area contributed by atoms with E-state index in [9.17, 15) is 9.90 Å². The number of ether oxygens (including phenoxy) is 4. The van der Waals surface area contributed by atoms with Crippen LogP contribution in [0.5, 0.6) is 11.5 Å². The zero-order valence-corrected chi connectivity index (χ0v) is 16.2. The summed E-state index contributed by atoms with van der Waals surface area (Å²) in [6, 6.07) is 15.9. The van der Waals surface area contributed by atoms with E-state index in [-0.39, 0.29) is 24.7 Å². The van der Waals surface area contributed by atoms with E-state index < -0.39 is 6.10 Å². The topological polar surface area (TPSA) is 77.5 Å². The van der Waals surface area contributed by atoms with Crippen LogP contribution in [-0.4, -0.2) is 50.2 Å². The number of aliphatic hydroxyl groups excluding tert-OH is 1. The van der Waals surface area contributed by atoms with Crippen molar-refractivity contribution in [3.05, 3.63) is 59.7 Å². The van der Waals surface area contributed by atoms with E-state index in [0.29, 0.717) is 18.8 Å². The monoisotopic (exact) mass is 386 g/mol. The van der Waals surface area contributed by atoms with Crippen LogP contribution in [0.25, 0.3) is 0 Å². The Labute approximate surface area is 165 Å². The normalized spacial score (nSPS) is 16.9. The lowest BCUT2D eigenvalue weighted by Crippen LogP contribution is -2.23. The summed E-state index contributed by atoms with van der Waals surface area (Å²) in [5.74, 6) is 1.49. The van der Waals surface area contributed by atoms with Crippen molar-refractivity contribution in [2.45, 2.75) is 31.5 Å². The van der Waals surface area contributed by atoms with Crippen molar-refractivity contribution < 1.29 is 28.8 Å². The highest BCUT2D eigenvalue weighted by Gasteiger charge is 2.24. The van der Waals surface area contributed by atoms with Gasteiger partial charge in [0.2, 0.25) is 0 Å². The molecule has 28 heavy (non-hydrogen) atoms. The van der Waals surface area contributed by atoms with Crippen LogP contribution in [0.3, 0.4) is 0 Å². The summed E-state index contributed by atoms with van der Waals surface area (Å²) in [6.45, 7) is 6.00. The van der Waals surface area contributed by atoms with Crippen molar-refractivity contribution >= 4 is 6.47 Å². The van der Waals surface area contributed by atoms with Gasteiger partial charge in [0.15, 0.2) is 0 Å². The van der Waals surface area contributed by atoms with Crippen molar-refractivity contribution in [3.8, 4) is 11.5 Å². The highest BCUT2D eigenvalue weighted by molar-refractivity contribution is 5.42. The molecule has 1 aliphatic heterocycles. The van der Waals surface area contributed by atoms with E-state index in [1.54, 1.807) is 0 Å². The predicted molar refractivity (Wildman–Crippen MR) is 104 cm³/mol. The fraction of sp³-hybridized carbons (Fsp3) is 0.409. The van der Waals surface area contributed by atoms with Crippen LogP contribution in [0, 0.1) is 0 Å². The maximum absolute atomic E-state index is 10.1. The molecule has 0 aliphatic carbocycles. The molecular weight excluding hydrogens is 360 g/mol.